The van der Waals surface area contributed by atoms with E-state index in [4.69, 9.17) is 4.74 Å². The summed E-state index contributed by atoms with van der Waals surface area (Å²) in [5.41, 5.74) is -1.98. The van der Waals surface area contributed by atoms with E-state index in [1.807, 2.05) is 0 Å². The van der Waals surface area contributed by atoms with Crippen LogP contribution in [0, 0.1) is 0 Å². The molecule has 11 heteroatoms. The lowest BCUT2D eigenvalue weighted by molar-refractivity contribution is -0.138. The van der Waals surface area contributed by atoms with Crippen LogP contribution in [-0.2, 0) is 15.7 Å². The van der Waals surface area contributed by atoms with Gasteiger partial charge in [0.2, 0.25) is 5.91 Å². The lowest BCUT2D eigenvalue weighted by atomic mass is 9.83. The van der Waals surface area contributed by atoms with Crippen LogP contribution in [0.1, 0.15) is 82.6 Å². The maximum atomic E-state index is 14.2. The van der Waals surface area contributed by atoms with E-state index < -0.39 is 51.7 Å². The SMILES string of the molecule is CC(C)N(C(=O)c1cc2c(cc1C(F)(F)F)SC1(CCC1)C(=O)N2)C1CCCN(C(=O)OC(C)(C)C)C1. The molecule has 0 radical (unpaired) electrons. The number of rotatable bonds is 3. The fourth-order valence-corrected chi connectivity index (χ4v) is 6.58. The number of alkyl halides is 3. The van der Waals surface area contributed by atoms with Gasteiger partial charge in [-0.3, -0.25) is 9.59 Å². The standard InChI is InChI=1S/C26H34F3N3O4S/c1-15(2)32(16-8-6-11-31(14-16)23(35)36-24(3,4)5)21(33)17-12-19-20(13-18(17)26(27,28)29)37-25(9-7-10-25)22(34)30-19/h12-13,15-16H,6-11,14H2,1-5H3,(H,30,34). The summed E-state index contributed by atoms with van der Waals surface area (Å²) in [6.07, 6.45) is -2.06. The fourth-order valence-electron chi connectivity index (χ4n) is 5.13. The first-order valence-electron chi connectivity index (χ1n) is 12.7. The van der Waals surface area contributed by atoms with Crippen molar-refractivity contribution >= 4 is 35.4 Å². The van der Waals surface area contributed by atoms with E-state index in [9.17, 15) is 27.6 Å². The molecule has 2 fully saturated rings. The summed E-state index contributed by atoms with van der Waals surface area (Å²) in [7, 11) is 0. The van der Waals surface area contributed by atoms with Crippen molar-refractivity contribution in [2.75, 3.05) is 18.4 Å². The molecule has 3 amide bonds. The number of nitrogens with one attached hydrogen (secondary N) is 1. The highest BCUT2D eigenvalue weighted by molar-refractivity contribution is 8.01. The van der Waals surface area contributed by atoms with Crippen molar-refractivity contribution in [2.45, 2.75) is 100 Å². The van der Waals surface area contributed by atoms with Crippen molar-refractivity contribution in [3.05, 3.63) is 23.3 Å². The molecule has 1 spiro atoms. The van der Waals surface area contributed by atoms with Gasteiger partial charge >= 0.3 is 12.3 Å². The number of hydrogen-bond donors (Lipinski definition) is 1. The topological polar surface area (TPSA) is 79.0 Å². The van der Waals surface area contributed by atoms with Crippen LogP contribution >= 0.6 is 11.8 Å². The molecule has 1 saturated carbocycles. The predicted octanol–water partition coefficient (Wildman–Crippen LogP) is 5.92. The number of hydrogen-bond acceptors (Lipinski definition) is 5. The summed E-state index contributed by atoms with van der Waals surface area (Å²) in [5, 5.41) is 2.75. The first kappa shape index (κ1) is 27.6. The average Bonchev–Trinajstić information content (AvgIpc) is 2.75. The number of carbonyl (C=O) groups is 3. The highest BCUT2D eigenvalue weighted by atomic mass is 32.2. The number of carbonyl (C=O) groups excluding carboxylic acids is 3. The Morgan fingerprint density at radius 2 is 1.86 bits per heavy atom. The Bertz CT molecular complexity index is 1100. The van der Waals surface area contributed by atoms with E-state index in [0.717, 1.165) is 24.2 Å². The van der Waals surface area contributed by atoms with E-state index in [0.29, 0.717) is 37.1 Å². The van der Waals surface area contributed by atoms with Crippen LogP contribution in [0.3, 0.4) is 0 Å². The molecule has 1 aliphatic carbocycles. The van der Waals surface area contributed by atoms with Gasteiger partial charge in [-0.05, 0) is 78.9 Å². The Morgan fingerprint density at radius 1 is 1.19 bits per heavy atom. The number of anilines is 1. The number of likely N-dealkylation sites (tertiary alicyclic amines) is 1. The molecular weight excluding hydrogens is 507 g/mol. The second-order valence-corrected chi connectivity index (χ2v) is 12.7. The molecule has 0 aromatic heterocycles. The number of thioether (sulfide) groups is 1. The molecule has 1 N–H and O–H groups in total. The Morgan fingerprint density at radius 3 is 2.41 bits per heavy atom. The van der Waals surface area contributed by atoms with Crippen LogP contribution in [0.25, 0.3) is 0 Å². The highest BCUT2D eigenvalue weighted by Crippen LogP contribution is 2.54. The van der Waals surface area contributed by atoms with Crippen molar-refractivity contribution in [3.63, 3.8) is 0 Å². The van der Waals surface area contributed by atoms with Gasteiger partial charge in [-0.1, -0.05) is 0 Å². The minimum Gasteiger partial charge on any atom is -0.444 e. The number of fused-ring (bicyclic) bond motifs is 1. The number of ether oxygens (including phenoxy) is 1. The molecule has 7 nitrogen and oxygen atoms in total. The van der Waals surface area contributed by atoms with Gasteiger partial charge in [0, 0.05) is 24.0 Å². The van der Waals surface area contributed by atoms with Crippen molar-refractivity contribution < 1.29 is 32.3 Å². The zero-order chi connectivity index (χ0) is 27.3. The minimum atomic E-state index is -4.76. The lowest BCUT2D eigenvalue weighted by Gasteiger charge is -2.43. The normalized spacial score (nSPS) is 21.3. The third-order valence-corrected chi connectivity index (χ3v) is 8.56. The third-order valence-electron chi connectivity index (χ3n) is 7.02. The predicted molar refractivity (Wildman–Crippen MR) is 135 cm³/mol. The number of nitrogens with zero attached hydrogens (tertiary/aromatic N) is 2. The maximum absolute atomic E-state index is 14.2. The fraction of sp³-hybridized carbons (Fsp3) is 0.654. The summed E-state index contributed by atoms with van der Waals surface area (Å²) in [6.45, 7) is 9.38. The molecule has 2 heterocycles. The summed E-state index contributed by atoms with van der Waals surface area (Å²) >= 11 is 1.16. The number of halogens is 3. The van der Waals surface area contributed by atoms with E-state index in [1.54, 1.807) is 34.6 Å². The van der Waals surface area contributed by atoms with Crippen LogP contribution in [-0.4, -0.2) is 63.2 Å². The Labute approximate surface area is 219 Å². The van der Waals surface area contributed by atoms with Crippen molar-refractivity contribution in [2.24, 2.45) is 0 Å². The zero-order valence-electron chi connectivity index (χ0n) is 21.8. The smallest absolute Gasteiger partial charge is 0.417 e. The molecule has 1 aromatic rings. The van der Waals surface area contributed by atoms with E-state index in [2.05, 4.69) is 5.32 Å². The summed E-state index contributed by atoms with van der Waals surface area (Å²) in [5.74, 6) is -1.00. The minimum absolute atomic E-state index is 0.167. The maximum Gasteiger partial charge on any atom is 0.417 e. The van der Waals surface area contributed by atoms with Crippen LogP contribution in [0.15, 0.2) is 17.0 Å². The molecule has 1 aromatic carbocycles. The highest BCUT2D eigenvalue weighted by Gasteiger charge is 2.49. The summed E-state index contributed by atoms with van der Waals surface area (Å²) in [4.78, 5) is 42.4. The van der Waals surface area contributed by atoms with Gasteiger partial charge < -0.3 is 19.9 Å². The van der Waals surface area contributed by atoms with E-state index in [1.165, 1.54) is 15.9 Å². The Hall–Kier alpha value is -2.43. The quantitative estimate of drug-likeness (QED) is 0.514. The zero-order valence-corrected chi connectivity index (χ0v) is 22.6. The molecule has 3 aliphatic rings. The second kappa shape index (κ2) is 9.71. The van der Waals surface area contributed by atoms with Crippen molar-refractivity contribution in [3.8, 4) is 0 Å². The van der Waals surface area contributed by atoms with Crippen molar-refractivity contribution in [1.29, 1.82) is 0 Å². The lowest BCUT2D eigenvalue weighted by Crippen LogP contribution is -2.54. The van der Waals surface area contributed by atoms with Crippen LogP contribution < -0.4 is 5.32 Å². The van der Waals surface area contributed by atoms with Crippen LogP contribution in [0.5, 0.6) is 0 Å². The summed E-state index contributed by atoms with van der Waals surface area (Å²) < 4.78 is 47.5. The van der Waals surface area contributed by atoms with Gasteiger partial charge in [-0.25, -0.2) is 4.79 Å². The monoisotopic (exact) mass is 541 g/mol. The molecule has 204 valence electrons. The molecule has 1 saturated heterocycles. The number of piperidine rings is 1. The third kappa shape index (κ3) is 5.56. The molecular formula is C26H34F3N3O4S. The Kier molecular flexibility index (Phi) is 7.24. The molecule has 4 rings (SSSR count). The summed E-state index contributed by atoms with van der Waals surface area (Å²) in [6, 6.07) is 1.27. The van der Waals surface area contributed by atoms with E-state index in [-0.39, 0.29) is 18.1 Å². The van der Waals surface area contributed by atoms with Gasteiger partial charge in [-0.15, -0.1) is 11.8 Å². The van der Waals surface area contributed by atoms with Gasteiger partial charge in [0.1, 0.15) is 5.60 Å². The van der Waals surface area contributed by atoms with Gasteiger partial charge in [0.25, 0.3) is 5.91 Å². The number of amides is 3. The number of benzene rings is 1. The van der Waals surface area contributed by atoms with Crippen molar-refractivity contribution in [1.82, 2.24) is 9.80 Å². The van der Waals surface area contributed by atoms with E-state index >= 15 is 0 Å². The Balaban J connectivity index is 1.66. The molecule has 0 bridgehead atoms. The second-order valence-electron chi connectivity index (χ2n) is 11.3. The average molecular weight is 542 g/mol. The van der Waals surface area contributed by atoms with Gasteiger partial charge in [0.15, 0.2) is 0 Å². The van der Waals surface area contributed by atoms with Gasteiger partial charge in [-0.2, -0.15) is 13.2 Å². The molecule has 37 heavy (non-hydrogen) atoms. The van der Waals surface area contributed by atoms with Crippen LogP contribution in [0.2, 0.25) is 0 Å². The first-order chi connectivity index (χ1) is 17.1. The largest absolute Gasteiger partial charge is 0.444 e. The molecule has 1 atom stereocenters. The van der Waals surface area contributed by atoms with Gasteiger partial charge in [0.05, 0.1) is 27.6 Å². The van der Waals surface area contributed by atoms with Crippen LogP contribution in [0.4, 0.5) is 23.7 Å². The first-order valence-corrected chi connectivity index (χ1v) is 13.5. The molecule has 1 unspecified atom stereocenters. The molecule has 2 aliphatic heterocycles.